The van der Waals surface area contributed by atoms with Crippen LogP contribution in [-0.2, 0) is 21.9 Å². The molecule has 0 unspecified atom stereocenters. The van der Waals surface area contributed by atoms with E-state index >= 15 is 0 Å². The normalized spacial score (nSPS) is 16.0. The number of carbonyl (C=O) groups is 1. The average molecular weight is 297 g/mol. The van der Waals surface area contributed by atoms with E-state index in [1.165, 1.54) is 17.0 Å². The maximum Gasteiger partial charge on any atom is 0.349 e. The Morgan fingerprint density at radius 2 is 1.86 bits per heavy atom. The molecule has 1 aromatic rings. The second-order valence-electron chi connectivity index (χ2n) is 5.28. The largest absolute Gasteiger partial charge is 0.378 e. The first-order valence-corrected chi connectivity index (χ1v) is 7.40. The van der Waals surface area contributed by atoms with Gasteiger partial charge in [0.25, 0.3) is 5.91 Å². The molecule has 0 aliphatic carbocycles. The molecule has 0 aromatic heterocycles. The summed E-state index contributed by atoms with van der Waals surface area (Å²) in [6.45, 7) is 3.17. The molecule has 0 N–H and O–H groups in total. The van der Waals surface area contributed by atoms with Gasteiger partial charge in [-0.25, -0.2) is 0 Å². The Morgan fingerprint density at radius 3 is 2.43 bits per heavy atom. The average Bonchev–Trinajstić information content (AvgIpc) is 2.53. The predicted molar refractivity (Wildman–Crippen MR) is 76.3 cm³/mol. The van der Waals surface area contributed by atoms with E-state index in [-0.39, 0.29) is 18.7 Å². The number of nitrogens with zero attached hydrogens (tertiary/aromatic N) is 1. The van der Waals surface area contributed by atoms with Gasteiger partial charge in [0.1, 0.15) is 0 Å². The molecule has 0 bridgehead atoms. The fourth-order valence-corrected chi connectivity index (χ4v) is 2.35. The number of carbonyl (C=O) groups excluding carboxylic acids is 1. The van der Waals surface area contributed by atoms with Crippen LogP contribution in [0, 0.1) is 0 Å². The fourth-order valence-electron chi connectivity index (χ4n) is 2.35. The molecule has 0 saturated carbocycles. The monoisotopic (exact) mass is 297 g/mol. The molecular weight excluding hydrogens is 276 g/mol. The Labute approximate surface area is 123 Å². The van der Waals surface area contributed by atoms with Crippen molar-refractivity contribution in [3.8, 4) is 0 Å². The molecule has 3 nitrogen and oxygen atoms in total. The summed E-state index contributed by atoms with van der Waals surface area (Å²) < 4.78 is 33.7. The minimum Gasteiger partial charge on any atom is -0.378 e. The van der Waals surface area contributed by atoms with Gasteiger partial charge < -0.3 is 9.64 Å². The number of ether oxygens (including phenoxy) is 1. The molecule has 21 heavy (non-hydrogen) atoms. The van der Waals surface area contributed by atoms with Crippen LogP contribution >= 0.6 is 0 Å². The van der Waals surface area contributed by atoms with Crippen molar-refractivity contribution in [1.82, 2.24) is 4.90 Å². The molecule has 5 heteroatoms. The van der Waals surface area contributed by atoms with Gasteiger partial charge in [0.2, 0.25) is 0 Å². The van der Waals surface area contributed by atoms with Crippen molar-refractivity contribution in [2.24, 2.45) is 0 Å². The van der Waals surface area contributed by atoms with Crippen LogP contribution in [0.15, 0.2) is 24.3 Å². The maximum atomic E-state index is 14.3. The number of halogens is 2. The van der Waals surface area contributed by atoms with Crippen LogP contribution in [0.5, 0.6) is 0 Å². The first-order valence-electron chi connectivity index (χ1n) is 7.40. The van der Waals surface area contributed by atoms with Crippen molar-refractivity contribution in [3.63, 3.8) is 0 Å². The molecule has 1 saturated heterocycles. The summed E-state index contributed by atoms with van der Waals surface area (Å²) in [4.78, 5) is 13.2. The van der Waals surface area contributed by atoms with Gasteiger partial charge in [0.15, 0.2) is 0 Å². The van der Waals surface area contributed by atoms with Crippen LogP contribution in [0.1, 0.15) is 30.9 Å². The summed E-state index contributed by atoms with van der Waals surface area (Å²) in [6.07, 6.45) is 2.97. The number of amides is 1. The second kappa shape index (κ2) is 6.98. The third kappa shape index (κ3) is 3.79. The highest BCUT2D eigenvalue weighted by Gasteiger charge is 2.44. The summed E-state index contributed by atoms with van der Waals surface area (Å²) in [7, 11) is 0. The first-order chi connectivity index (χ1) is 10.1. The van der Waals surface area contributed by atoms with Crippen LogP contribution < -0.4 is 0 Å². The zero-order valence-corrected chi connectivity index (χ0v) is 12.3. The lowest BCUT2D eigenvalue weighted by atomic mass is 10.0. The zero-order valence-electron chi connectivity index (χ0n) is 12.3. The van der Waals surface area contributed by atoms with Gasteiger partial charge >= 0.3 is 5.92 Å². The number of rotatable bonds is 5. The van der Waals surface area contributed by atoms with E-state index in [0.717, 1.165) is 24.8 Å². The van der Waals surface area contributed by atoms with Crippen molar-refractivity contribution >= 4 is 5.91 Å². The number of morpholine rings is 1. The maximum absolute atomic E-state index is 14.3. The fraction of sp³-hybridized carbons (Fsp3) is 0.562. The number of aryl methyl sites for hydroxylation is 1. The van der Waals surface area contributed by atoms with Crippen molar-refractivity contribution < 1.29 is 18.3 Å². The molecule has 2 rings (SSSR count). The highest BCUT2D eigenvalue weighted by molar-refractivity contribution is 5.85. The SMILES string of the molecule is CCCCc1ccc(C(F)(F)C(=O)N2CCOCC2)cc1. The van der Waals surface area contributed by atoms with E-state index in [9.17, 15) is 13.6 Å². The Kier molecular flexibility index (Phi) is 5.28. The molecule has 1 fully saturated rings. The molecule has 1 aliphatic rings. The van der Waals surface area contributed by atoms with E-state index in [1.54, 1.807) is 12.1 Å². The lowest BCUT2D eigenvalue weighted by molar-refractivity contribution is -0.163. The number of hydrogen-bond donors (Lipinski definition) is 0. The van der Waals surface area contributed by atoms with Gasteiger partial charge in [-0.1, -0.05) is 37.6 Å². The topological polar surface area (TPSA) is 29.5 Å². The smallest absolute Gasteiger partial charge is 0.349 e. The predicted octanol–water partition coefficient (Wildman–Crippen LogP) is 2.98. The summed E-state index contributed by atoms with van der Waals surface area (Å²) >= 11 is 0. The lowest BCUT2D eigenvalue weighted by Gasteiger charge is -2.30. The molecular formula is C16H21F2NO2. The highest BCUT2D eigenvalue weighted by atomic mass is 19.3. The van der Waals surface area contributed by atoms with Crippen molar-refractivity contribution in [3.05, 3.63) is 35.4 Å². The van der Waals surface area contributed by atoms with Crippen LogP contribution in [0.3, 0.4) is 0 Å². The standard InChI is InChI=1S/C16H21F2NO2/c1-2-3-4-13-5-7-14(8-6-13)16(17,18)15(20)19-9-11-21-12-10-19/h5-8H,2-4,9-12H2,1H3. The van der Waals surface area contributed by atoms with E-state index in [0.29, 0.717) is 13.2 Å². The van der Waals surface area contributed by atoms with Crippen LogP contribution in [0.25, 0.3) is 0 Å². The molecule has 1 aliphatic heterocycles. The van der Waals surface area contributed by atoms with Crippen LogP contribution in [0.2, 0.25) is 0 Å². The van der Waals surface area contributed by atoms with E-state index < -0.39 is 11.8 Å². The minimum atomic E-state index is -3.47. The molecule has 116 valence electrons. The minimum absolute atomic E-state index is 0.225. The Hall–Kier alpha value is -1.49. The quantitative estimate of drug-likeness (QED) is 0.836. The number of benzene rings is 1. The zero-order chi connectivity index (χ0) is 15.3. The molecule has 0 radical (unpaired) electrons. The summed E-state index contributed by atoms with van der Waals surface area (Å²) in [6, 6.07) is 6.10. The molecule has 0 spiro atoms. The number of alkyl halides is 2. The van der Waals surface area contributed by atoms with Gasteiger partial charge in [-0.3, -0.25) is 4.79 Å². The van der Waals surface area contributed by atoms with Crippen LogP contribution in [-0.4, -0.2) is 37.1 Å². The molecule has 1 amide bonds. The Balaban J connectivity index is 2.08. The molecule has 0 atom stereocenters. The first kappa shape index (κ1) is 15.9. The third-order valence-electron chi connectivity index (χ3n) is 3.70. The Morgan fingerprint density at radius 1 is 1.24 bits per heavy atom. The summed E-state index contributed by atoms with van der Waals surface area (Å²) in [5, 5.41) is 0. The van der Waals surface area contributed by atoms with Gasteiger partial charge in [-0.15, -0.1) is 0 Å². The van der Waals surface area contributed by atoms with Crippen molar-refractivity contribution in [1.29, 1.82) is 0 Å². The van der Waals surface area contributed by atoms with E-state index in [1.807, 2.05) is 0 Å². The summed E-state index contributed by atoms with van der Waals surface area (Å²) in [5.74, 6) is -4.60. The van der Waals surface area contributed by atoms with E-state index in [2.05, 4.69) is 6.92 Å². The van der Waals surface area contributed by atoms with Crippen LogP contribution in [0.4, 0.5) is 8.78 Å². The third-order valence-corrected chi connectivity index (χ3v) is 3.70. The van der Waals surface area contributed by atoms with Crippen molar-refractivity contribution in [2.75, 3.05) is 26.3 Å². The van der Waals surface area contributed by atoms with E-state index in [4.69, 9.17) is 4.74 Å². The van der Waals surface area contributed by atoms with Crippen molar-refractivity contribution in [2.45, 2.75) is 32.1 Å². The van der Waals surface area contributed by atoms with Gasteiger partial charge in [-0.2, -0.15) is 8.78 Å². The Bertz CT molecular complexity index is 468. The number of unbranched alkanes of at least 4 members (excludes halogenated alkanes) is 1. The van der Waals surface area contributed by atoms with Gasteiger partial charge in [0, 0.05) is 18.7 Å². The summed E-state index contributed by atoms with van der Waals surface area (Å²) in [5.41, 5.74) is 0.787. The molecule has 1 heterocycles. The highest BCUT2D eigenvalue weighted by Crippen LogP contribution is 2.31. The van der Waals surface area contributed by atoms with Gasteiger partial charge in [-0.05, 0) is 18.4 Å². The molecule has 1 aromatic carbocycles. The second-order valence-corrected chi connectivity index (χ2v) is 5.28. The number of hydrogen-bond acceptors (Lipinski definition) is 2. The lowest BCUT2D eigenvalue weighted by Crippen LogP contribution is -2.47. The van der Waals surface area contributed by atoms with Gasteiger partial charge in [0.05, 0.1) is 13.2 Å².